The van der Waals surface area contributed by atoms with Gasteiger partial charge >= 0.3 is 5.97 Å². The Morgan fingerprint density at radius 1 is 0.848 bits per heavy atom. The molecule has 0 unspecified atom stereocenters. The molecule has 1 saturated heterocycles. The molecule has 0 radical (unpaired) electrons. The number of hydrogen-bond donors (Lipinski definition) is 0. The van der Waals surface area contributed by atoms with Gasteiger partial charge in [-0.2, -0.15) is 0 Å². The van der Waals surface area contributed by atoms with E-state index in [-0.39, 0.29) is 23.5 Å². The summed E-state index contributed by atoms with van der Waals surface area (Å²) in [6.07, 6.45) is 3.45. The van der Waals surface area contributed by atoms with Crippen LogP contribution in [0, 0.1) is 11.6 Å². The van der Waals surface area contributed by atoms with Crippen LogP contribution in [-0.4, -0.2) is 30.5 Å². The molecule has 2 aliphatic heterocycles. The highest BCUT2D eigenvalue weighted by Gasteiger charge is 2.46. The first kappa shape index (κ1) is 21.8. The Balaban J connectivity index is 1.22. The van der Waals surface area contributed by atoms with Crippen molar-refractivity contribution in [3.63, 3.8) is 0 Å². The minimum atomic E-state index is -0.477. The maximum Gasteiger partial charge on any atom is 0.339 e. The second-order valence-corrected chi connectivity index (χ2v) is 9.07. The molecule has 0 amide bonds. The van der Waals surface area contributed by atoms with Crippen molar-refractivity contribution in [3.8, 4) is 0 Å². The quantitative estimate of drug-likeness (QED) is 0.432. The van der Waals surface area contributed by atoms with Crippen molar-refractivity contribution in [2.45, 2.75) is 37.2 Å². The van der Waals surface area contributed by atoms with Crippen LogP contribution in [0.4, 0.5) is 8.78 Å². The molecule has 0 bridgehead atoms. The van der Waals surface area contributed by atoms with Gasteiger partial charge in [0.15, 0.2) is 0 Å². The number of fused-ring (bicyclic) bond motifs is 2. The number of carbonyl (C=O) groups is 1. The predicted octanol–water partition coefficient (Wildman–Crippen LogP) is 6.04. The molecule has 0 N–H and O–H groups in total. The summed E-state index contributed by atoms with van der Waals surface area (Å²) in [6.45, 7) is 2.68. The second kappa shape index (κ2) is 9.06. The lowest BCUT2D eigenvalue weighted by Gasteiger charge is -2.38. The molecule has 0 aromatic heterocycles. The van der Waals surface area contributed by atoms with Crippen LogP contribution in [-0.2, 0) is 10.3 Å². The standard InChI is InChI=1S/C28H27F2NO2/c29-22-11-7-20(8-12-22)24(21-9-13-23(30)14-10-21)5-3-17-31-18-15-28(16-19-31)26-6-2-1-4-25(26)27(32)33-28/h1-2,4,6-14,24H,3,5,15-19H2. The van der Waals surface area contributed by atoms with Crippen LogP contribution in [0.3, 0.4) is 0 Å². The molecule has 3 aromatic carbocycles. The largest absolute Gasteiger partial charge is 0.450 e. The van der Waals surface area contributed by atoms with Gasteiger partial charge in [0.2, 0.25) is 0 Å². The van der Waals surface area contributed by atoms with Crippen molar-refractivity contribution in [1.82, 2.24) is 4.90 Å². The van der Waals surface area contributed by atoms with Crippen molar-refractivity contribution < 1.29 is 18.3 Å². The van der Waals surface area contributed by atoms with Crippen molar-refractivity contribution in [3.05, 3.63) is 107 Å². The molecule has 33 heavy (non-hydrogen) atoms. The van der Waals surface area contributed by atoms with E-state index in [9.17, 15) is 13.6 Å². The third-order valence-corrected chi connectivity index (χ3v) is 7.10. The van der Waals surface area contributed by atoms with Gasteiger partial charge in [-0.25, -0.2) is 13.6 Å². The van der Waals surface area contributed by atoms with Gasteiger partial charge in [0, 0.05) is 37.4 Å². The van der Waals surface area contributed by atoms with Gasteiger partial charge in [-0.15, -0.1) is 0 Å². The molecule has 5 rings (SSSR count). The van der Waals surface area contributed by atoms with Crippen LogP contribution in [0.1, 0.15) is 58.6 Å². The van der Waals surface area contributed by atoms with E-state index in [1.54, 1.807) is 0 Å². The Kier molecular flexibility index (Phi) is 5.98. The fourth-order valence-corrected chi connectivity index (χ4v) is 5.29. The van der Waals surface area contributed by atoms with E-state index in [1.807, 2.05) is 48.5 Å². The lowest BCUT2D eigenvalue weighted by Crippen LogP contribution is -2.43. The Hall–Kier alpha value is -3.05. The van der Waals surface area contributed by atoms with Crippen LogP contribution < -0.4 is 0 Å². The summed E-state index contributed by atoms with van der Waals surface area (Å²) >= 11 is 0. The summed E-state index contributed by atoms with van der Waals surface area (Å²) in [5, 5.41) is 0. The fourth-order valence-electron chi connectivity index (χ4n) is 5.29. The van der Waals surface area contributed by atoms with E-state index in [0.717, 1.165) is 62.0 Å². The zero-order chi connectivity index (χ0) is 22.8. The third-order valence-electron chi connectivity index (χ3n) is 7.10. The number of halogens is 2. The highest BCUT2D eigenvalue weighted by Crippen LogP contribution is 2.44. The van der Waals surface area contributed by atoms with E-state index in [2.05, 4.69) is 4.90 Å². The van der Waals surface area contributed by atoms with Crippen LogP contribution in [0.5, 0.6) is 0 Å². The highest BCUT2D eigenvalue weighted by atomic mass is 19.1. The molecular formula is C28H27F2NO2. The number of nitrogens with zero attached hydrogens (tertiary/aromatic N) is 1. The fraction of sp³-hybridized carbons (Fsp3) is 0.321. The first-order chi connectivity index (χ1) is 16.0. The molecule has 2 aliphatic rings. The van der Waals surface area contributed by atoms with E-state index in [4.69, 9.17) is 4.74 Å². The Labute approximate surface area is 193 Å². The summed E-state index contributed by atoms with van der Waals surface area (Å²) in [5.41, 5.74) is 3.33. The number of esters is 1. The topological polar surface area (TPSA) is 29.5 Å². The number of piperidine rings is 1. The van der Waals surface area contributed by atoms with Gasteiger partial charge in [0.05, 0.1) is 5.56 Å². The smallest absolute Gasteiger partial charge is 0.339 e. The Bertz CT molecular complexity index is 1070. The SMILES string of the molecule is O=C1OC2(CCN(CCCC(c3ccc(F)cc3)c3ccc(F)cc3)CC2)c2ccccc21. The molecule has 0 atom stereocenters. The predicted molar refractivity (Wildman–Crippen MR) is 123 cm³/mol. The van der Waals surface area contributed by atoms with E-state index in [0.29, 0.717) is 5.56 Å². The zero-order valence-corrected chi connectivity index (χ0v) is 18.5. The van der Waals surface area contributed by atoms with Gasteiger partial charge in [0.1, 0.15) is 17.2 Å². The van der Waals surface area contributed by atoms with Gasteiger partial charge in [-0.1, -0.05) is 42.5 Å². The molecule has 2 heterocycles. The number of rotatable bonds is 6. The molecular weight excluding hydrogens is 420 g/mol. The van der Waals surface area contributed by atoms with Crippen LogP contribution in [0.2, 0.25) is 0 Å². The molecule has 0 aliphatic carbocycles. The Morgan fingerprint density at radius 3 is 2.03 bits per heavy atom. The third kappa shape index (κ3) is 4.42. The summed E-state index contributed by atoms with van der Waals surface area (Å²) in [7, 11) is 0. The van der Waals surface area contributed by atoms with Gasteiger partial charge < -0.3 is 9.64 Å². The van der Waals surface area contributed by atoms with E-state index >= 15 is 0 Å². The summed E-state index contributed by atoms with van der Waals surface area (Å²) < 4.78 is 32.8. The first-order valence-electron chi connectivity index (χ1n) is 11.6. The van der Waals surface area contributed by atoms with Crippen LogP contribution in [0.15, 0.2) is 72.8 Å². The minimum Gasteiger partial charge on any atom is -0.450 e. The molecule has 0 saturated carbocycles. The maximum atomic E-state index is 13.5. The lowest BCUT2D eigenvalue weighted by molar-refractivity contribution is -0.0430. The zero-order valence-electron chi connectivity index (χ0n) is 18.5. The molecule has 1 spiro atoms. The highest BCUT2D eigenvalue weighted by molar-refractivity contribution is 5.94. The second-order valence-electron chi connectivity index (χ2n) is 9.07. The normalized spacial score (nSPS) is 17.4. The average molecular weight is 448 g/mol. The molecule has 5 heteroatoms. The number of hydrogen-bond acceptors (Lipinski definition) is 3. The van der Waals surface area contributed by atoms with Crippen molar-refractivity contribution in [2.24, 2.45) is 0 Å². The van der Waals surface area contributed by atoms with Crippen LogP contribution >= 0.6 is 0 Å². The van der Waals surface area contributed by atoms with Crippen molar-refractivity contribution in [2.75, 3.05) is 19.6 Å². The van der Waals surface area contributed by atoms with Gasteiger partial charge in [0.25, 0.3) is 0 Å². The number of likely N-dealkylation sites (tertiary alicyclic amines) is 1. The maximum absolute atomic E-state index is 13.5. The lowest BCUT2D eigenvalue weighted by atomic mass is 9.83. The van der Waals surface area contributed by atoms with Crippen LogP contribution in [0.25, 0.3) is 0 Å². The summed E-state index contributed by atoms with van der Waals surface area (Å²) in [6, 6.07) is 20.9. The van der Waals surface area contributed by atoms with Crippen molar-refractivity contribution >= 4 is 5.97 Å². The number of carbonyl (C=O) groups excluding carboxylic acids is 1. The molecule has 170 valence electrons. The monoisotopic (exact) mass is 447 g/mol. The Morgan fingerprint density at radius 2 is 1.42 bits per heavy atom. The van der Waals surface area contributed by atoms with Gasteiger partial charge in [-0.05, 0) is 60.8 Å². The molecule has 3 aromatic rings. The first-order valence-corrected chi connectivity index (χ1v) is 11.6. The van der Waals surface area contributed by atoms with Gasteiger partial charge in [-0.3, -0.25) is 0 Å². The van der Waals surface area contributed by atoms with E-state index < -0.39 is 5.60 Å². The minimum absolute atomic E-state index is 0.0880. The van der Waals surface area contributed by atoms with Crippen molar-refractivity contribution in [1.29, 1.82) is 0 Å². The molecule has 3 nitrogen and oxygen atoms in total. The average Bonchev–Trinajstić information content (AvgIpc) is 3.11. The number of benzene rings is 3. The number of ether oxygens (including phenoxy) is 1. The van der Waals surface area contributed by atoms with E-state index in [1.165, 1.54) is 24.3 Å². The molecule has 1 fully saturated rings. The summed E-state index contributed by atoms with van der Waals surface area (Å²) in [4.78, 5) is 14.7. The summed E-state index contributed by atoms with van der Waals surface area (Å²) in [5.74, 6) is -0.633.